The first kappa shape index (κ1) is 22.7. The first-order valence-electron chi connectivity index (χ1n) is 9.39. The lowest BCUT2D eigenvalue weighted by Crippen LogP contribution is -2.30. The van der Waals surface area contributed by atoms with Gasteiger partial charge in [0.15, 0.2) is 6.10 Å². The van der Waals surface area contributed by atoms with Gasteiger partial charge in [-0.15, -0.1) is 0 Å². The summed E-state index contributed by atoms with van der Waals surface area (Å²) in [5, 5.41) is 5.25. The molecule has 1 heterocycles. The number of benzene rings is 1. The summed E-state index contributed by atoms with van der Waals surface area (Å²) in [7, 11) is 0. The zero-order chi connectivity index (χ0) is 22.4. The van der Waals surface area contributed by atoms with Crippen LogP contribution < -0.4 is 10.6 Å². The maximum absolute atomic E-state index is 12.5. The first-order valence-corrected chi connectivity index (χ1v) is 9.39. The Balaban J connectivity index is 2.03. The first-order chi connectivity index (χ1) is 14.1. The third-order valence-corrected chi connectivity index (χ3v) is 4.25. The minimum atomic E-state index is -1.08. The topological polar surface area (TPSA) is 127 Å². The van der Waals surface area contributed by atoms with Gasteiger partial charge >= 0.3 is 11.9 Å². The number of carbonyl (C=O) groups excluding carboxylic acids is 4. The van der Waals surface area contributed by atoms with Crippen molar-refractivity contribution in [2.24, 2.45) is 0 Å². The molecule has 1 aromatic heterocycles. The van der Waals surface area contributed by atoms with Crippen LogP contribution in [0.4, 0.5) is 11.4 Å². The molecule has 9 nitrogen and oxygen atoms in total. The molecule has 0 aliphatic carbocycles. The SMILES string of the molecule is CCOC(=O)c1c(C)[nH]c(C(=O)OC(C)C(=O)Nc2ccc(NC(C)=O)cc2)c1C. The van der Waals surface area contributed by atoms with Crippen molar-refractivity contribution < 1.29 is 28.7 Å². The van der Waals surface area contributed by atoms with Gasteiger partial charge in [-0.2, -0.15) is 0 Å². The number of hydrogen-bond acceptors (Lipinski definition) is 6. The van der Waals surface area contributed by atoms with Crippen LogP contribution >= 0.6 is 0 Å². The van der Waals surface area contributed by atoms with Crippen LogP contribution in [0.2, 0.25) is 0 Å². The summed E-state index contributed by atoms with van der Waals surface area (Å²) in [6, 6.07) is 6.50. The molecule has 9 heteroatoms. The molecule has 0 aliphatic heterocycles. The average molecular weight is 415 g/mol. The van der Waals surface area contributed by atoms with E-state index in [4.69, 9.17) is 9.47 Å². The van der Waals surface area contributed by atoms with E-state index in [1.165, 1.54) is 13.8 Å². The molecule has 0 saturated carbocycles. The lowest BCUT2D eigenvalue weighted by Gasteiger charge is -2.14. The predicted molar refractivity (Wildman–Crippen MR) is 110 cm³/mol. The van der Waals surface area contributed by atoms with Gasteiger partial charge in [0.2, 0.25) is 5.91 Å². The Morgan fingerprint density at radius 2 is 1.57 bits per heavy atom. The van der Waals surface area contributed by atoms with Crippen molar-refractivity contribution in [2.45, 2.75) is 40.7 Å². The zero-order valence-corrected chi connectivity index (χ0v) is 17.5. The number of aryl methyl sites for hydroxylation is 1. The van der Waals surface area contributed by atoms with Crippen LogP contribution in [0.3, 0.4) is 0 Å². The molecule has 0 saturated heterocycles. The average Bonchev–Trinajstić information content (AvgIpc) is 2.97. The van der Waals surface area contributed by atoms with Crippen LogP contribution in [0.15, 0.2) is 24.3 Å². The Hall–Kier alpha value is -3.62. The molecular formula is C21H25N3O6. The summed E-state index contributed by atoms with van der Waals surface area (Å²) in [4.78, 5) is 50.8. The largest absolute Gasteiger partial charge is 0.462 e. The minimum Gasteiger partial charge on any atom is -0.462 e. The molecule has 30 heavy (non-hydrogen) atoms. The van der Waals surface area contributed by atoms with Crippen molar-refractivity contribution in [3.05, 3.63) is 46.8 Å². The molecule has 0 fully saturated rings. The Morgan fingerprint density at radius 1 is 1.00 bits per heavy atom. The molecule has 0 spiro atoms. The van der Waals surface area contributed by atoms with Gasteiger partial charge in [-0.05, 0) is 57.5 Å². The summed E-state index contributed by atoms with van der Waals surface area (Å²) in [5.74, 6) is -2.01. The van der Waals surface area contributed by atoms with Crippen LogP contribution in [-0.2, 0) is 19.1 Å². The van der Waals surface area contributed by atoms with Crippen molar-refractivity contribution in [1.82, 2.24) is 4.98 Å². The predicted octanol–water partition coefficient (Wildman–Crippen LogP) is 2.95. The smallest absolute Gasteiger partial charge is 0.355 e. The molecule has 0 bridgehead atoms. The lowest BCUT2D eigenvalue weighted by atomic mass is 10.1. The van der Waals surface area contributed by atoms with Crippen LogP contribution in [0.1, 0.15) is 52.9 Å². The fraction of sp³-hybridized carbons (Fsp3) is 0.333. The molecule has 2 aromatic rings. The second kappa shape index (κ2) is 9.73. The van der Waals surface area contributed by atoms with E-state index in [9.17, 15) is 19.2 Å². The third kappa shape index (κ3) is 5.47. The summed E-state index contributed by atoms with van der Waals surface area (Å²) in [6.45, 7) is 8.00. The van der Waals surface area contributed by atoms with Gasteiger partial charge in [0.1, 0.15) is 5.69 Å². The number of amides is 2. The molecule has 2 rings (SSSR count). The Labute approximate surface area is 174 Å². The Bertz CT molecular complexity index is 962. The minimum absolute atomic E-state index is 0.0925. The van der Waals surface area contributed by atoms with Gasteiger partial charge in [-0.25, -0.2) is 9.59 Å². The second-order valence-corrected chi connectivity index (χ2v) is 6.64. The maximum atomic E-state index is 12.5. The maximum Gasteiger partial charge on any atom is 0.355 e. The molecular weight excluding hydrogens is 390 g/mol. The number of ether oxygens (including phenoxy) is 2. The standard InChI is InChI=1S/C21H25N3O6/c1-6-29-20(27)17-11(2)18(22-12(17)3)21(28)30-13(4)19(26)24-16-9-7-15(8-10-16)23-14(5)25/h7-10,13,22H,6H2,1-5H3,(H,23,25)(H,24,26). The van der Waals surface area contributed by atoms with E-state index < -0.39 is 23.9 Å². The fourth-order valence-corrected chi connectivity index (χ4v) is 2.82. The Kier molecular flexibility index (Phi) is 7.35. The van der Waals surface area contributed by atoms with Gasteiger partial charge in [-0.3, -0.25) is 9.59 Å². The van der Waals surface area contributed by atoms with E-state index in [1.54, 1.807) is 45.0 Å². The van der Waals surface area contributed by atoms with Crippen molar-refractivity contribution in [3.63, 3.8) is 0 Å². The summed E-state index contributed by atoms with van der Waals surface area (Å²) in [5.41, 5.74) is 2.32. The summed E-state index contributed by atoms with van der Waals surface area (Å²) in [6.07, 6.45) is -1.08. The van der Waals surface area contributed by atoms with Gasteiger partial charge in [0, 0.05) is 24.0 Å². The van der Waals surface area contributed by atoms with Crippen molar-refractivity contribution >= 4 is 35.1 Å². The van der Waals surface area contributed by atoms with Crippen LogP contribution in [0.5, 0.6) is 0 Å². The quantitative estimate of drug-likeness (QED) is 0.597. The zero-order valence-electron chi connectivity index (χ0n) is 17.5. The van der Waals surface area contributed by atoms with Crippen LogP contribution in [-0.4, -0.2) is 41.4 Å². The van der Waals surface area contributed by atoms with E-state index >= 15 is 0 Å². The number of aromatic nitrogens is 1. The lowest BCUT2D eigenvalue weighted by molar-refractivity contribution is -0.123. The molecule has 1 unspecified atom stereocenters. The van der Waals surface area contributed by atoms with E-state index in [0.29, 0.717) is 22.6 Å². The van der Waals surface area contributed by atoms with Crippen molar-refractivity contribution in [2.75, 3.05) is 17.2 Å². The monoisotopic (exact) mass is 415 g/mol. The molecule has 160 valence electrons. The number of rotatable bonds is 7. The summed E-state index contributed by atoms with van der Waals surface area (Å²) >= 11 is 0. The number of esters is 2. The number of H-pyrrole nitrogens is 1. The number of nitrogens with one attached hydrogen (secondary N) is 3. The van der Waals surface area contributed by atoms with E-state index in [1.807, 2.05) is 0 Å². The van der Waals surface area contributed by atoms with Gasteiger partial charge in [0.25, 0.3) is 5.91 Å². The van der Waals surface area contributed by atoms with E-state index in [0.717, 1.165) is 0 Å². The second-order valence-electron chi connectivity index (χ2n) is 6.64. The molecule has 0 aliphatic rings. The number of aromatic amines is 1. The molecule has 0 radical (unpaired) electrons. The van der Waals surface area contributed by atoms with Crippen molar-refractivity contribution in [3.8, 4) is 0 Å². The van der Waals surface area contributed by atoms with Gasteiger partial charge < -0.3 is 25.1 Å². The van der Waals surface area contributed by atoms with Gasteiger partial charge in [-0.1, -0.05) is 0 Å². The Morgan fingerprint density at radius 3 is 2.10 bits per heavy atom. The van der Waals surface area contributed by atoms with E-state index in [-0.39, 0.29) is 23.8 Å². The highest BCUT2D eigenvalue weighted by Crippen LogP contribution is 2.20. The number of carbonyl (C=O) groups is 4. The highest BCUT2D eigenvalue weighted by Gasteiger charge is 2.26. The highest BCUT2D eigenvalue weighted by atomic mass is 16.5. The molecule has 1 aromatic carbocycles. The third-order valence-electron chi connectivity index (χ3n) is 4.25. The fourth-order valence-electron chi connectivity index (χ4n) is 2.82. The summed E-state index contributed by atoms with van der Waals surface area (Å²) < 4.78 is 10.2. The highest BCUT2D eigenvalue weighted by molar-refractivity contribution is 6.00. The molecule has 2 amide bonds. The number of anilines is 2. The van der Waals surface area contributed by atoms with Crippen LogP contribution in [0.25, 0.3) is 0 Å². The number of hydrogen-bond donors (Lipinski definition) is 3. The molecule has 1 atom stereocenters. The normalized spacial score (nSPS) is 11.4. The van der Waals surface area contributed by atoms with Gasteiger partial charge in [0.05, 0.1) is 12.2 Å². The van der Waals surface area contributed by atoms with Crippen molar-refractivity contribution in [1.29, 1.82) is 0 Å². The van der Waals surface area contributed by atoms with Crippen LogP contribution in [0, 0.1) is 13.8 Å². The molecule has 3 N–H and O–H groups in total. The van der Waals surface area contributed by atoms with E-state index in [2.05, 4.69) is 15.6 Å².